The van der Waals surface area contributed by atoms with Crippen LogP contribution < -0.4 is 5.32 Å². The summed E-state index contributed by atoms with van der Waals surface area (Å²) in [6.45, 7) is 1.53. The molecule has 43 heavy (non-hydrogen) atoms. The number of Topliss-reactive ketones (excluding diaryl/α,β-unsaturated/α-hetero) is 1. The quantitative estimate of drug-likeness (QED) is 0.136. The minimum absolute atomic E-state index is 0.0291. The molecule has 2 amide bonds. The number of halogens is 2. The minimum atomic E-state index is -3.50. The lowest BCUT2D eigenvalue weighted by molar-refractivity contribution is -0.132. The van der Waals surface area contributed by atoms with Crippen LogP contribution in [0.1, 0.15) is 99.3 Å². The van der Waals surface area contributed by atoms with Crippen molar-refractivity contribution in [2.24, 2.45) is 0 Å². The second kappa shape index (κ2) is 17.3. The molecule has 3 rings (SSSR count). The van der Waals surface area contributed by atoms with Crippen molar-refractivity contribution in [2.45, 2.75) is 82.6 Å². The van der Waals surface area contributed by atoms with Crippen LogP contribution in [0.2, 0.25) is 10.0 Å². The highest BCUT2D eigenvalue weighted by atomic mass is 35.5. The molecule has 11 heteroatoms. The number of rotatable bonds is 17. The Labute approximate surface area is 265 Å². The number of benzene rings is 2. The van der Waals surface area contributed by atoms with Crippen LogP contribution in [-0.4, -0.2) is 54.3 Å². The third-order valence-electron chi connectivity index (χ3n) is 7.87. The van der Waals surface area contributed by atoms with E-state index in [9.17, 15) is 18.9 Å². The van der Waals surface area contributed by atoms with E-state index in [0.29, 0.717) is 35.9 Å². The van der Waals surface area contributed by atoms with Crippen molar-refractivity contribution in [1.29, 1.82) is 0 Å². The summed E-state index contributed by atoms with van der Waals surface area (Å²) in [4.78, 5) is 48.1. The number of hydrogen-bond donors (Lipinski definition) is 2. The molecule has 0 aromatic heterocycles. The Morgan fingerprint density at radius 3 is 2.33 bits per heavy atom. The molecule has 1 aliphatic carbocycles. The second-order valence-corrected chi connectivity index (χ2v) is 13.9. The Balaban J connectivity index is 1.33. The third-order valence-corrected chi connectivity index (χ3v) is 9.27. The van der Waals surface area contributed by atoms with Gasteiger partial charge in [0.15, 0.2) is 0 Å². The van der Waals surface area contributed by atoms with Gasteiger partial charge in [-0.05, 0) is 60.9 Å². The maximum absolute atomic E-state index is 13.1. The van der Waals surface area contributed by atoms with Gasteiger partial charge in [0.2, 0.25) is 11.8 Å². The van der Waals surface area contributed by atoms with Gasteiger partial charge in [0, 0.05) is 51.9 Å². The average molecular weight is 654 g/mol. The van der Waals surface area contributed by atoms with Gasteiger partial charge in [-0.15, -0.1) is 0 Å². The first-order chi connectivity index (χ1) is 20.5. The largest absolute Gasteiger partial charge is 0.356 e. The van der Waals surface area contributed by atoms with E-state index in [0.717, 1.165) is 50.8 Å². The Morgan fingerprint density at radius 2 is 1.63 bits per heavy atom. The molecule has 0 heterocycles. The molecule has 2 aromatic rings. The van der Waals surface area contributed by atoms with Gasteiger partial charge in [-0.1, -0.05) is 66.4 Å². The molecule has 8 nitrogen and oxygen atoms in total. The lowest BCUT2D eigenvalue weighted by Crippen LogP contribution is -2.34. The summed E-state index contributed by atoms with van der Waals surface area (Å²) in [5.41, 5.74) is 3.53. The van der Waals surface area contributed by atoms with Crippen LogP contribution in [0.15, 0.2) is 42.5 Å². The monoisotopic (exact) mass is 652 g/mol. The molecule has 2 N–H and O–H groups in total. The van der Waals surface area contributed by atoms with Gasteiger partial charge in [-0.2, -0.15) is 0 Å². The molecule has 0 bridgehead atoms. The predicted octanol–water partition coefficient (Wildman–Crippen LogP) is 7.45. The Morgan fingerprint density at radius 1 is 0.930 bits per heavy atom. The Bertz CT molecular complexity index is 1300. The SMILES string of the molecule is CN(C(=O)CCCCCCC(=O)CCC(=O)NCCCOP(C)(=O)O)[C@H]1CC[C@@H](c2ccc(Cl)c(Cl)c2)c2ccccc21. The molecule has 236 valence electrons. The molecular weight excluding hydrogens is 610 g/mol. The van der Waals surface area contributed by atoms with E-state index in [1.54, 1.807) is 0 Å². The molecule has 0 saturated carbocycles. The summed E-state index contributed by atoms with van der Waals surface area (Å²) in [5, 5.41) is 3.77. The Hall–Kier alpha value is -2.22. The number of hydrogen-bond acceptors (Lipinski definition) is 5. The number of unbranched alkanes of at least 4 members (excludes halogenated alkanes) is 3. The van der Waals surface area contributed by atoms with Gasteiger partial charge in [0.05, 0.1) is 22.7 Å². The van der Waals surface area contributed by atoms with Gasteiger partial charge >= 0.3 is 7.60 Å². The van der Waals surface area contributed by atoms with Crippen LogP contribution in [0.4, 0.5) is 0 Å². The van der Waals surface area contributed by atoms with Crippen molar-refractivity contribution in [2.75, 3.05) is 26.9 Å². The van der Waals surface area contributed by atoms with Crippen LogP contribution in [0, 0.1) is 0 Å². The zero-order valence-electron chi connectivity index (χ0n) is 25.0. The number of nitrogens with one attached hydrogen (secondary N) is 1. The van der Waals surface area contributed by atoms with E-state index >= 15 is 0 Å². The fourth-order valence-corrected chi connectivity index (χ4v) is 6.32. The summed E-state index contributed by atoms with van der Waals surface area (Å²) in [6.07, 6.45) is 6.67. The fourth-order valence-electron chi connectivity index (χ4n) is 5.55. The summed E-state index contributed by atoms with van der Waals surface area (Å²) in [5.74, 6) is 0.169. The van der Waals surface area contributed by atoms with Crippen LogP contribution in [0.5, 0.6) is 0 Å². The van der Waals surface area contributed by atoms with Crippen molar-refractivity contribution in [3.8, 4) is 0 Å². The maximum Gasteiger partial charge on any atom is 0.325 e. The number of nitrogens with zero attached hydrogens (tertiary/aromatic N) is 1. The molecule has 1 unspecified atom stereocenters. The number of carbonyl (C=O) groups is 3. The molecule has 1 aliphatic rings. The van der Waals surface area contributed by atoms with Gasteiger partial charge < -0.3 is 19.6 Å². The summed E-state index contributed by atoms with van der Waals surface area (Å²) in [7, 11) is -1.60. The predicted molar refractivity (Wildman–Crippen MR) is 171 cm³/mol. The third kappa shape index (κ3) is 11.7. The summed E-state index contributed by atoms with van der Waals surface area (Å²) in [6, 6.07) is 14.2. The second-order valence-electron chi connectivity index (χ2n) is 11.2. The topological polar surface area (TPSA) is 113 Å². The van der Waals surface area contributed by atoms with Crippen LogP contribution in [-0.2, 0) is 23.5 Å². The minimum Gasteiger partial charge on any atom is -0.356 e. The first-order valence-corrected chi connectivity index (χ1v) is 17.8. The van der Waals surface area contributed by atoms with E-state index in [-0.39, 0.29) is 49.0 Å². The normalized spacial score (nSPS) is 17.5. The highest BCUT2D eigenvalue weighted by Gasteiger charge is 2.32. The molecule has 0 radical (unpaired) electrons. The smallest absolute Gasteiger partial charge is 0.325 e. The first kappa shape index (κ1) is 35.3. The summed E-state index contributed by atoms with van der Waals surface area (Å²) < 4.78 is 15.8. The van der Waals surface area contributed by atoms with Crippen molar-refractivity contribution in [1.82, 2.24) is 10.2 Å². The van der Waals surface area contributed by atoms with Gasteiger partial charge in [-0.25, -0.2) is 0 Å². The molecule has 0 fully saturated rings. The van der Waals surface area contributed by atoms with Crippen LogP contribution in [0.3, 0.4) is 0 Å². The van der Waals surface area contributed by atoms with E-state index in [4.69, 9.17) is 32.6 Å². The maximum atomic E-state index is 13.1. The average Bonchev–Trinajstić information content (AvgIpc) is 2.97. The number of amides is 2. The summed E-state index contributed by atoms with van der Waals surface area (Å²) >= 11 is 12.4. The lowest BCUT2D eigenvalue weighted by atomic mass is 9.76. The fraction of sp³-hybridized carbons (Fsp3) is 0.531. The molecular formula is C32H43Cl2N2O6P. The van der Waals surface area contributed by atoms with Crippen molar-refractivity contribution >= 4 is 48.4 Å². The van der Waals surface area contributed by atoms with Crippen LogP contribution in [0.25, 0.3) is 0 Å². The Kier molecular flexibility index (Phi) is 14.2. The highest BCUT2D eigenvalue weighted by molar-refractivity contribution is 7.51. The number of fused-ring (bicyclic) bond motifs is 1. The van der Waals surface area contributed by atoms with Crippen molar-refractivity contribution < 1.29 is 28.4 Å². The highest BCUT2D eigenvalue weighted by Crippen LogP contribution is 2.44. The lowest BCUT2D eigenvalue weighted by Gasteiger charge is -2.37. The van der Waals surface area contributed by atoms with Gasteiger partial charge in [-0.3, -0.25) is 18.9 Å². The molecule has 0 aliphatic heterocycles. The van der Waals surface area contributed by atoms with E-state index in [1.165, 1.54) is 11.1 Å². The van der Waals surface area contributed by atoms with E-state index in [2.05, 4.69) is 17.4 Å². The standard InChI is InChI=1S/C32H43Cl2N2O6P/c1-36(30-18-16-25(26-11-7-8-12-27(26)30)23-14-17-28(33)29(34)22-23)32(39)13-6-4-3-5-10-24(37)15-19-31(38)35-20-9-21-42-43(2,40)41/h7-8,11-12,14,17,22,25,30H,3-6,9-10,13,15-16,18-21H2,1-2H3,(H,35,38)(H,40,41)/t25-,30-/m0/s1. The van der Waals surface area contributed by atoms with E-state index < -0.39 is 7.60 Å². The number of carbonyl (C=O) groups excluding carboxylic acids is 3. The zero-order valence-corrected chi connectivity index (χ0v) is 27.4. The first-order valence-electron chi connectivity index (χ1n) is 15.0. The van der Waals surface area contributed by atoms with Gasteiger partial charge in [0.1, 0.15) is 5.78 Å². The number of ketones is 1. The van der Waals surface area contributed by atoms with Crippen molar-refractivity contribution in [3.05, 3.63) is 69.2 Å². The van der Waals surface area contributed by atoms with Gasteiger partial charge in [0.25, 0.3) is 0 Å². The molecule has 3 atom stereocenters. The van der Waals surface area contributed by atoms with E-state index in [1.807, 2.05) is 42.3 Å². The zero-order chi connectivity index (χ0) is 31.4. The molecule has 0 saturated heterocycles. The van der Waals surface area contributed by atoms with Crippen LogP contribution >= 0.6 is 30.8 Å². The molecule has 2 aromatic carbocycles. The molecule has 0 spiro atoms. The van der Waals surface area contributed by atoms with Crippen molar-refractivity contribution in [3.63, 3.8) is 0 Å².